The number of aryl methyl sites for hydroxylation is 2. The Labute approximate surface area is 303 Å². The van der Waals surface area contributed by atoms with Gasteiger partial charge in [0.2, 0.25) is 11.8 Å². The van der Waals surface area contributed by atoms with E-state index >= 15 is 0 Å². The largest absolute Gasteiger partial charge is 0.338 e. The number of hydrogen-bond donors (Lipinski definition) is 0. The number of imidazole rings is 3. The molecule has 0 radical (unpaired) electrons. The van der Waals surface area contributed by atoms with Gasteiger partial charge in [-0.05, 0) is 81.8 Å². The third-order valence-electron chi connectivity index (χ3n) is 10.5. The Balaban J connectivity index is 0.000000149. The second-order valence-corrected chi connectivity index (χ2v) is 15.5. The Morgan fingerprint density at radius 1 is 0.692 bits per heavy atom. The van der Waals surface area contributed by atoms with Crippen molar-refractivity contribution in [2.75, 3.05) is 9.80 Å². The minimum Gasteiger partial charge on any atom is -0.338 e. The van der Waals surface area contributed by atoms with Crippen molar-refractivity contribution in [3.63, 3.8) is 0 Å². The molecule has 0 bridgehead atoms. The van der Waals surface area contributed by atoms with Crippen molar-refractivity contribution in [1.82, 2.24) is 38.4 Å². The van der Waals surface area contributed by atoms with Crippen LogP contribution in [0.2, 0.25) is 0 Å². The zero-order chi connectivity index (χ0) is 36.7. The van der Waals surface area contributed by atoms with Crippen molar-refractivity contribution >= 4 is 34.8 Å². The van der Waals surface area contributed by atoms with E-state index in [-0.39, 0.29) is 11.8 Å². The minimum atomic E-state index is -0.580. The SMILES string of the molecule is CC(C)c1cn(-c2ccc3c(c2)N(c2ccn(C)n2)C(=O)C3(C)C)cn1.Cn1cnc(N2C(=O)C(C)(C)c3ccc(-n4cnc(C5CC5)c4)cc32)c1. The highest BCUT2D eigenvalue weighted by atomic mass is 16.2. The van der Waals surface area contributed by atoms with Crippen LogP contribution in [-0.4, -0.2) is 50.2 Å². The third kappa shape index (κ3) is 5.44. The number of benzene rings is 2. The van der Waals surface area contributed by atoms with Crippen molar-refractivity contribution in [2.45, 2.75) is 77.0 Å². The van der Waals surface area contributed by atoms with Crippen LogP contribution in [0, 0.1) is 0 Å². The zero-order valence-electron chi connectivity index (χ0n) is 30.9. The van der Waals surface area contributed by atoms with Crippen LogP contribution in [-0.2, 0) is 34.5 Å². The lowest BCUT2D eigenvalue weighted by Gasteiger charge is -2.18. The number of carbonyl (C=O) groups excluding carboxylic acids is 2. The number of nitrogens with zero attached hydrogens (tertiary/aromatic N) is 10. The smallest absolute Gasteiger partial charge is 0.242 e. The van der Waals surface area contributed by atoms with Gasteiger partial charge in [-0.1, -0.05) is 26.0 Å². The lowest BCUT2D eigenvalue weighted by molar-refractivity contribution is -0.122. The lowest BCUT2D eigenvalue weighted by atomic mass is 9.86. The number of anilines is 4. The molecule has 0 spiro atoms. The van der Waals surface area contributed by atoms with Crippen LogP contribution in [0.15, 0.2) is 86.2 Å². The minimum absolute atomic E-state index is 0.0388. The van der Waals surface area contributed by atoms with E-state index in [1.54, 1.807) is 20.8 Å². The Bertz CT molecular complexity index is 2190. The fourth-order valence-electron chi connectivity index (χ4n) is 7.13. The molecule has 2 aliphatic heterocycles. The van der Waals surface area contributed by atoms with Crippen LogP contribution in [0.25, 0.3) is 11.4 Å². The molecule has 3 aliphatic rings. The normalized spacial score (nSPS) is 17.1. The molecule has 6 aromatic rings. The Kier molecular flexibility index (Phi) is 7.63. The molecule has 0 N–H and O–H groups in total. The van der Waals surface area contributed by atoms with Gasteiger partial charge in [-0.15, -0.1) is 0 Å². The van der Waals surface area contributed by atoms with Crippen molar-refractivity contribution in [3.05, 3.63) is 109 Å². The first-order chi connectivity index (χ1) is 24.7. The van der Waals surface area contributed by atoms with Gasteiger partial charge >= 0.3 is 0 Å². The van der Waals surface area contributed by atoms with Crippen LogP contribution in [0.5, 0.6) is 0 Å². The fraction of sp³-hybridized carbons (Fsp3) is 0.350. The molecule has 6 heterocycles. The number of carbonyl (C=O) groups is 2. The molecule has 2 aromatic carbocycles. The van der Waals surface area contributed by atoms with Crippen molar-refractivity contribution in [1.29, 1.82) is 0 Å². The number of rotatable bonds is 6. The van der Waals surface area contributed by atoms with Gasteiger partial charge in [0.1, 0.15) is 0 Å². The summed E-state index contributed by atoms with van der Waals surface area (Å²) >= 11 is 0. The van der Waals surface area contributed by atoms with Crippen LogP contribution >= 0.6 is 0 Å². The highest BCUT2D eigenvalue weighted by Gasteiger charge is 2.46. The van der Waals surface area contributed by atoms with Gasteiger partial charge in [-0.3, -0.25) is 24.1 Å². The van der Waals surface area contributed by atoms with Gasteiger partial charge in [0.25, 0.3) is 0 Å². The summed E-state index contributed by atoms with van der Waals surface area (Å²) in [6.45, 7) is 12.1. The quantitative estimate of drug-likeness (QED) is 0.183. The van der Waals surface area contributed by atoms with Gasteiger partial charge < -0.3 is 13.7 Å². The summed E-state index contributed by atoms with van der Waals surface area (Å²) in [6.07, 6.45) is 15.7. The predicted molar refractivity (Wildman–Crippen MR) is 200 cm³/mol. The van der Waals surface area contributed by atoms with Crippen LogP contribution in [0.4, 0.5) is 23.0 Å². The molecule has 0 atom stereocenters. The van der Waals surface area contributed by atoms with Gasteiger partial charge in [-0.25, -0.2) is 15.0 Å². The first-order valence-electron chi connectivity index (χ1n) is 17.8. The predicted octanol–water partition coefficient (Wildman–Crippen LogP) is 7.12. The molecule has 9 rings (SSSR count). The standard InChI is InChI=1S/C20H21N5O.C20H23N5O/c1-20(2)15-7-6-14(24-9-16(21-12-24)13-4-5-13)8-17(15)25(19(20)26)18-10-23(3)11-22-18;1-13(2)16-11-24(12-21-16)14-6-7-15-17(10-14)25(19(26)20(15,3)4)18-8-9-23(5)22-18/h6-13H,4-5H2,1-3H3;6-13H,1-5H3. The van der Waals surface area contributed by atoms with Crippen molar-refractivity contribution in [3.8, 4) is 11.4 Å². The maximum absolute atomic E-state index is 13.1. The molecule has 266 valence electrons. The maximum Gasteiger partial charge on any atom is 0.242 e. The van der Waals surface area contributed by atoms with E-state index in [1.165, 1.54) is 12.8 Å². The molecular formula is C40H44N10O2. The topological polar surface area (TPSA) is 112 Å². The number of amides is 2. The van der Waals surface area contributed by atoms with Gasteiger partial charge in [-0.2, -0.15) is 5.10 Å². The van der Waals surface area contributed by atoms with E-state index in [2.05, 4.69) is 58.3 Å². The summed E-state index contributed by atoms with van der Waals surface area (Å²) in [5.41, 5.74) is 6.87. The van der Waals surface area contributed by atoms with E-state index in [1.807, 2.05) is 111 Å². The summed E-state index contributed by atoms with van der Waals surface area (Å²) in [4.78, 5) is 43.1. The van der Waals surface area contributed by atoms with Crippen molar-refractivity contribution < 1.29 is 9.59 Å². The summed E-state index contributed by atoms with van der Waals surface area (Å²) in [5, 5.41) is 4.44. The summed E-state index contributed by atoms with van der Waals surface area (Å²) in [7, 11) is 3.76. The molecule has 12 heteroatoms. The number of aromatic nitrogens is 8. The van der Waals surface area contributed by atoms with Crippen LogP contribution < -0.4 is 9.80 Å². The Morgan fingerprint density at radius 3 is 1.77 bits per heavy atom. The summed E-state index contributed by atoms with van der Waals surface area (Å²) in [5.74, 6) is 2.39. The molecule has 0 saturated heterocycles. The molecule has 1 fully saturated rings. The van der Waals surface area contributed by atoms with E-state index in [0.29, 0.717) is 23.5 Å². The first kappa shape index (κ1) is 33.4. The molecule has 52 heavy (non-hydrogen) atoms. The molecule has 1 saturated carbocycles. The van der Waals surface area contributed by atoms with E-state index < -0.39 is 10.8 Å². The van der Waals surface area contributed by atoms with E-state index in [0.717, 1.165) is 45.3 Å². The Hall–Kier alpha value is -5.78. The maximum atomic E-state index is 13.1. The number of hydrogen-bond acceptors (Lipinski definition) is 6. The second kappa shape index (κ2) is 11.9. The Morgan fingerprint density at radius 2 is 1.27 bits per heavy atom. The summed E-state index contributed by atoms with van der Waals surface area (Å²) < 4.78 is 7.61. The van der Waals surface area contributed by atoms with Crippen LogP contribution in [0.3, 0.4) is 0 Å². The van der Waals surface area contributed by atoms with Gasteiger partial charge in [0, 0.05) is 62.2 Å². The molecule has 12 nitrogen and oxygen atoms in total. The second-order valence-electron chi connectivity index (χ2n) is 15.5. The highest BCUT2D eigenvalue weighted by molar-refractivity contribution is 6.13. The first-order valence-corrected chi connectivity index (χ1v) is 17.8. The zero-order valence-corrected chi connectivity index (χ0v) is 30.9. The molecule has 2 amide bonds. The molecular weight excluding hydrogens is 653 g/mol. The van der Waals surface area contributed by atoms with Crippen molar-refractivity contribution in [2.24, 2.45) is 14.1 Å². The average molecular weight is 697 g/mol. The summed E-state index contributed by atoms with van der Waals surface area (Å²) in [6, 6.07) is 14.2. The van der Waals surface area contributed by atoms with Crippen LogP contribution in [0.1, 0.15) is 88.7 Å². The molecule has 1 aliphatic carbocycles. The lowest BCUT2D eigenvalue weighted by Crippen LogP contribution is -2.33. The average Bonchev–Trinajstić information content (AvgIpc) is 3.61. The van der Waals surface area contributed by atoms with Gasteiger partial charge in [0.05, 0.1) is 52.6 Å². The highest BCUT2D eigenvalue weighted by Crippen LogP contribution is 2.47. The molecule has 4 aromatic heterocycles. The monoisotopic (exact) mass is 696 g/mol. The van der Waals surface area contributed by atoms with E-state index in [4.69, 9.17) is 0 Å². The van der Waals surface area contributed by atoms with E-state index in [9.17, 15) is 9.59 Å². The fourth-order valence-corrected chi connectivity index (χ4v) is 7.13. The van der Waals surface area contributed by atoms with Gasteiger partial charge in [0.15, 0.2) is 11.6 Å². The molecule has 0 unspecified atom stereocenters. The number of fused-ring (bicyclic) bond motifs is 2. The third-order valence-corrected chi connectivity index (χ3v) is 10.5.